The Morgan fingerprint density at radius 1 is 0.722 bits per heavy atom. The first-order chi connectivity index (χ1) is 26.0. The molecule has 9 heteroatoms. The number of rotatable bonds is 9. The second-order valence-electron chi connectivity index (χ2n) is 14.5. The average molecular weight is 728 g/mol. The maximum atomic E-state index is 14.5. The van der Waals surface area contributed by atoms with Gasteiger partial charge in [0, 0.05) is 35.2 Å². The highest BCUT2D eigenvalue weighted by molar-refractivity contribution is 5.73. The van der Waals surface area contributed by atoms with Crippen LogP contribution in [0.2, 0.25) is 0 Å². The van der Waals surface area contributed by atoms with Crippen molar-refractivity contribution < 1.29 is 28.5 Å². The molecule has 2 heterocycles. The van der Waals surface area contributed by atoms with Gasteiger partial charge in [-0.3, -0.25) is 0 Å². The van der Waals surface area contributed by atoms with Gasteiger partial charge in [0.25, 0.3) is 0 Å². The molecule has 54 heavy (non-hydrogen) atoms. The van der Waals surface area contributed by atoms with Gasteiger partial charge in [-0.1, -0.05) is 133 Å². The third-order valence-corrected chi connectivity index (χ3v) is 11.0. The van der Waals surface area contributed by atoms with Crippen LogP contribution in [0.15, 0.2) is 151 Å². The summed E-state index contributed by atoms with van der Waals surface area (Å²) in [4.78, 5) is 2.23. The number of anilines is 1. The Bertz CT molecular complexity index is 2220. The third kappa shape index (κ3) is 6.27. The van der Waals surface area contributed by atoms with Crippen LogP contribution in [0.4, 0.5) is 18.9 Å². The van der Waals surface area contributed by atoms with Crippen molar-refractivity contribution in [2.24, 2.45) is 5.92 Å². The number of hydrogen-bond donors (Lipinski definition) is 3. The summed E-state index contributed by atoms with van der Waals surface area (Å²) in [5.74, 6) is -3.16. The highest BCUT2D eigenvalue weighted by atomic mass is 19.4. The summed E-state index contributed by atoms with van der Waals surface area (Å²) in [6, 6.07) is 44.8. The Kier molecular flexibility index (Phi) is 9.16. The van der Waals surface area contributed by atoms with Gasteiger partial charge in [0.1, 0.15) is 0 Å². The van der Waals surface area contributed by atoms with Crippen molar-refractivity contribution in [1.82, 2.24) is 9.78 Å². The van der Waals surface area contributed by atoms with Gasteiger partial charge in [0.15, 0.2) is 5.69 Å². The molecule has 0 bridgehead atoms. The monoisotopic (exact) mass is 727 g/mol. The van der Waals surface area contributed by atoms with Crippen LogP contribution in [0.25, 0.3) is 5.69 Å². The molecule has 1 aromatic heterocycles. The van der Waals surface area contributed by atoms with E-state index in [9.17, 15) is 28.5 Å². The molecule has 0 amide bonds. The number of alkyl halides is 3. The number of aromatic nitrogens is 2. The SMILES string of the molecule is Cc1ccc2c(c1)C(Cc1ccccc1)(Cc1ccccc1)C(=CC1C(O)C(c3c(C(F)(F)F)nn(-c4ccccc4)c3O)C1O)N2Cc1ccccc1. The lowest BCUT2D eigenvalue weighted by Crippen LogP contribution is -2.53. The van der Waals surface area contributed by atoms with Gasteiger partial charge in [-0.25, -0.2) is 4.68 Å². The minimum atomic E-state index is -4.95. The fraction of sp³-hybridized carbons (Fsp3) is 0.222. The second-order valence-corrected chi connectivity index (χ2v) is 14.5. The van der Waals surface area contributed by atoms with E-state index in [1.54, 1.807) is 18.2 Å². The van der Waals surface area contributed by atoms with Crippen molar-refractivity contribution in [3.05, 3.63) is 190 Å². The smallest absolute Gasteiger partial charge is 0.435 e. The molecule has 0 saturated heterocycles. The van der Waals surface area contributed by atoms with Gasteiger partial charge in [0.05, 0.1) is 23.5 Å². The van der Waals surface area contributed by atoms with Gasteiger partial charge in [0.2, 0.25) is 5.88 Å². The minimum Gasteiger partial charge on any atom is -0.493 e. The number of fused-ring (bicyclic) bond motifs is 1. The standard InChI is InChI=1S/C45H40F3N3O3/c1-29-22-23-36-35(24-29)44(26-30-14-6-2-7-15-30,27-31-16-8-3-9-17-31)37(50(36)28-32-18-10-4-11-19-32)25-34-40(52)38(41(34)53)39-42(45(46,47)48)49-51(43(39)54)33-20-12-5-13-21-33/h2-25,34,38,40-41,52-54H,26-28H2,1H3. The lowest BCUT2D eigenvalue weighted by atomic mass is 9.63. The predicted octanol–water partition coefficient (Wildman–Crippen LogP) is 8.67. The van der Waals surface area contributed by atoms with E-state index in [0.717, 1.165) is 43.9 Å². The summed E-state index contributed by atoms with van der Waals surface area (Å²) < 4.78 is 44.5. The van der Waals surface area contributed by atoms with Gasteiger partial charge < -0.3 is 20.2 Å². The summed E-state index contributed by atoms with van der Waals surface area (Å²) in [7, 11) is 0. The molecule has 3 N–H and O–H groups in total. The zero-order valence-corrected chi connectivity index (χ0v) is 29.6. The zero-order valence-electron chi connectivity index (χ0n) is 29.6. The Hall–Kier alpha value is -5.64. The molecular formula is C45H40F3N3O3. The zero-order chi connectivity index (χ0) is 37.6. The van der Waals surface area contributed by atoms with Crippen molar-refractivity contribution in [3.8, 4) is 11.6 Å². The first-order valence-corrected chi connectivity index (χ1v) is 18.1. The van der Waals surface area contributed by atoms with Crippen molar-refractivity contribution in [2.75, 3.05) is 4.90 Å². The topological polar surface area (TPSA) is 81.8 Å². The Balaban J connectivity index is 1.29. The number of halogens is 3. The number of aromatic hydroxyl groups is 1. The van der Waals surface area contributed by atoms with Crippen molar-refractivity contribution in [2.45, 2.75) is 56.0 Å². The van der Waals surface area contributed by atoms with Gasteiger partial charge in [-0.2, -0.15) is 18.3 Å². The van der Waals surface area contributed by atoms with Crippen LogP contribution in [0, 0.1) is 12.8 Å². The number of allylic oxidation sites excluding steroid dienone is 1. The number of hydrogen-bond acceptors (Lipinski definition) is 5. The molecule has 6 aromatic rings. The summed E-state index contributed by atoms with van der Waals surface area (Å²) in [6.07, 6.45) is -4.81. The third-order valence-electron chi connectivity index (χ3n) is 11.0. The van der Waals surface area contributed by atoms with E-state index in [1.807, 2.05) is 60.7 Å². The maximum absolute atomic E-state index is 14.5. The van der Waals surface area contributed by atoms with E-state index in [4.69, 9.17) is 0 Å². The quantitative estimate of drug-likeness (QED) is 0.139. The highest BCUT2D eigenvalue weighted by Gasteiger charge is 2.56. The molecule has 1 saturated carbocycles. The van der Waals surface area contributed by atoms with Crippen LogP contribution in [0.5, 0.6) is 5.88 Å². The molecule has 6 nitrogen and oxygen atoms in total. The molecule has 2 unspecified atom stereocenters. The second kappa shape index (κ2) is 14.0. The van der Waals surface area contributed by atoms with Crippen molar-refractivity contribution in [3.63, 3.8) is 0 Å². The van der Waals surface area contributed by atoms with E-state index in [1.165, 1.54) is 12.1 Å². The van der Waals surface area contributed by atoms with Crippen LogP contribution >= 0.6 is 0 Å². The molecule has 8 rings (SSSR count). The Labute approximate surface area is 312 Å². The molecular weight excluding hydrogens is 688 g/mol. The van der Waals surface area contributed by atoms with Gasteiger partial charge in [-0.15, -0.1) is 0 Å². The molecule has 1 fully saturated rings. The predicted molar refractivity (Wildman–Crippen MR) is 202 cm³/mol. The van der Waals surface area contributed by atoms with Crippen LogP contribution in [-0.4, -0.2) is 37.3 Å². The summed E-state index contributed by atoms with van der Waals surface area (Å²) >= 11 is 0. The summed E-state index contributed by atoms with van der Waals surface area (Å²) in [6.45, 7) is 2.54. The largest absolute Gasteiger partial charge is 0.493 e. The molecule has 1 aliphatic heterocycles. The molecule has 2 aliphatic rings. The lowest BCUT2D eigenvalue weighted by Gasteiger charge is -2.46. The number of para-hydroxylation sites is 1. The van der Waals surface area contributed by atoms with Crippen LogP contribution in [0.3, 0.4) is 0 Å². The number of aryl methyl sites for hydroxylation is 1. The molecule has 1 aliphatic carbocycles. The van der Waals surface area contributed by atoms with E-state index in [2.05, 4.69) is 71.5 Å². The van der Waals surface area contributed by atoms with E-state index in [0.29, 0.717) is 19.4 Å². The van der Waals surface area contributed by atoms with Crippen molar-refractivity contribution in [1.29, 1.82) is 0 Å². The van der Waals surface area contributed by atoms with Gasteiger partial charge in [-0.05, 0) is 60.2 Å². The number of benzene rings is 5. The van der Waals surface area contributed by atoms with E-state index < -0.39 is 52.8 Å². The number of aliphatic hydroxyl groups excluding tert-OH is 2. The van der Waals surface area contributed by atoms with Crippen LogP contribution < -0.4 is 4.90 Å². The highest BCUT2D eigenvalue weighted by Crippen LogP contribution is 2.56. The summed E-state index contributed by atoms with van der Waals surface area (Å²) in [5, 5.41) is 38.8. The van der Waals surface area contributed by atoms with Gasteiger partial charge >= 0.3 is 6.18 Å². The lowest BCUT2D eigenvalue weighted by molar-refractivity contribution is -0.145. The number of aliphatic hydroxyl groups is 2. The molecule has 0 radical (unpaired) electrons. The fourth-order valence-corrected chi connectivity index (χ4v) is 8.45. The molecule has 274 valence electrons. The normalized spacial score (nSPS) is 21.2. The van der Waals surface area contributed by atoms with Crippen LogP contribution in [0.1, 0.15) is 45.0 Å². The fourth-order valence-electron chi connectivity index (χ4n) is 8.45. The Morgan fingerprint density at radius 3 is 1.78 bits per heavy atom. The average Bonchev–Trinajstić information content (AvgIpc) is 3.63. The number of nitrogens with zero attached hydrogens (tertiary/aromatic N) is 3. The molecule has 0 spiro atoms. The van der Waals surface area contributed by atoms with E-state index >= 15 is 0 Å². The molecule has 2 atom stereocenters. The first-order valence-electron chi connectivity index (χ1n) is 18.1. The summed E-state index contributed by atoms with van der Waals surface area (Å²) in [5.41, 5.74) is 4.81. The minimum absolute atomic E-state index is 0.218. The van der Waals surface area contributed by atoms with Crippen LogP contribution in [-0.2, 0) is 31.0 Å². The Morgan fingerprint density at radius 2 is 1.24 bits per heavy atom. The molecule has 5 aromatic carbocycles. The maximum Gasteiger partial charge on any atom is 0.435 e. The first kappa shape index (κ1) is 35.4. The van der Waals surface area contributed by atoms with E-state index in [-0.39, 0.29) is 5.69 Å². The van der Waals surface area contributed by atoms with Crippen molar-refractivity contribution >= 4 is 5.69 Å².